The summed E-state index contributed by atoms with van der Waals surface area (Å²) in [4.78, 5) is 24.4. The number of carbonyl (C=O) groups excluding carboxylic acids is 2. The molecule has 8 nitrogen and oxygen atoms in total. The summed E-state index contributed by atoms with van der Waals surface area (Å²) >= 11 is 0. The van der Waals surface area contributed by atoms with Crippen LogP contribution in [0.25, 0.3) is 0 Å². The molecule has 1 aliphatic heterocycles. The molecule has 104 valence electrons. The average Bonchev–Trinajstić information content (AvgIpc) is 2.89. The third-order valence-corrected chi connectivity index (χ3v) is 2.82. The molecule has 8 heteroatoms. The number of carbonyl (C=O) groups is 2. The number of aryl methyl sites for hydroxylation is 1. The molecule has 1 aromatic heterocycles. The zero-order chi connectivity index (χ0) is 13.7. The molecule has 0 unspecified atom stereocenters. The second-order valence-electron chi connectivity index (χ2n) is 4.21. The molecule has 0 bridgehead atoms. The smallest absolute Gasteiger partial charge is 0.306 e. The van der Waals surface area contributed by atoms with E-state index in [1.54, 1.807) is 4.90 Å². The molecule has 1 aromatic rings. The number of hydrogen-bond donors (Lipinski definition) is 1. The van der Waals surface area contributed by atoms with Gasteiger partial charge >= 0.3 is 11.8 Å². The predicted octanol–water partition coefficient (Wildman–Crippen LogP) is -0.650. The maximum Gasteiger partial charge on any atom is 0.306 e. The number of ether oxygens (including phenoxy) is 1. The fraction of sp³-hybridized carbons (Fsp3) is 0.636. The van der Waals surface area contributed by atoms with Crippen molar-refractivity contribution in [2.45, 2.75) is 19.3 Å². The van der Waals surface area contributed by atoms with Crippen LogP contribution in [0.15, 0.2) is 4.42 Å². The Balaban J connectivity index is 1.73. The Bertz CT molecular complexity index is 453. The van der Waals surface area contributed by atoms with E-state index in [0.717, 1.165) is 0 Å². The van der Waals surface area contributed by atoms with Crippen molar-refractivity contribution in [2.75, 3.05) is 26.3 Å². The number of aromatic nitrogens is 2. The molecule has 0 atom stereocenters. The topological polar surface area (TPSA) is 112 Å². The summed E-state index contributed by atoms with van der Waals surface area (Å²) in [5.41, 5.74) is 4.99. The van der Waals surface area contributed by atoms with Gasteiger partial charge in [0.2, 0.25) is 11.8 Å². The minimum atomic E-state index is -0.747. The lowest BCUT2D eigenvalue weighted by Gasteiger charge is -2.26. The highest BCUT2D eigenvalue weighted by Gasteiger charge is 2.17. The van der Waals surface area contributed by atoms with E-state index in [1.165, 1.54) is 0 Å². The van der Waals surface area contributed by atoms with Crippen LogP contribution in [-0.2, 0) is 16.0 Å². The van der Waals surface area contributed by atoms with Crippen molar-refractivity contribution in [3.8, 4) is 0 Å². The molecule has 0 spiro atoms. The lowest BCUT2D eigenvalue weighted by Crippen LogP contribution is -2.40. The van der Waals surface area contributed by atoms with Gasteiger partial charge in [0.15, 0.2) is 0 Å². The highest BCUT2D eigenvalue weighted by atomic mass is 16.5. The van der Waals surface area contributed by atoms with Crippen LogP contribution in [0.2, 0.25) is 0 Å². The summed E-state index contributed by atoms with van der Waals surface area (Å²) in [6.45, 7) is 2.48. The first-order valence-electron chi connectivity index (χ1n) is 6.14. The van der Waals surface area contributed by atoms with E-state index in [0.29, 0.717) is 51.5 Å². The van der Waals surface area contributed by atoms with Gasteiger partial charge in [-0.25, -0.2) is 0 Å². The molecule has 2 amide bonds. The van der Waals surface area contributed by atoms with Crippen molar-refractivity contribution in [1.82, 2.24) is 15.1 Å². The van der Waals surface area contributed by atoms with Gasteiger partial charge in [0, 0.05) is 25.9 Å². The molecule has 19 heavy (non-hydrogen) atoms. The first-order chi connectivity index (χ1) is 9.16. The second-order valence-corrected chi connectivity index (χ2v) is 4.21. The van der Waals surface area contributed by atoms with Gasteiger partial charge in [-0.3, -0.25) is 9.59 Å². The van der Waals surface area contributed by atoms with Crippen LogP contribution in [0.1, 0.15) is 29.4 Å². The fourth-order valence-corrected chi connectivity index (χ4v) is 1.82. The van der Waals surface area contributed by atoms with Crippen molar-refractivity contribution in [3.63, 3.8) is 0 Å². The molecule has 1 fully saturated rings. The minimum absolute atomic E-state index is 0.0953. The fourth-order valence-electron chi connectivity index (χ4n) is 1.82. The van der Waals surface area contributed by atoms with Crippen LogP contribution in [0, 0.1) is 0 Å². The Kier molecular flexibility index (Phi) is 4.45. The molecule has 1 aliphatic rings. The molecule has 0 saturated carbocycles. The second kappa shape index (κ2) is 6.28. The summed E-state index contributed by atoms with van der Waals surface area (Å²) in [6, 6.07) is 0. The van der Waals surface area contributed by atoms with Crippen LogP contribution in [0.3, 0.4) is 0 Å². The van der Waals surface area contributed by atoms with E-state index in [2.05, 4.69) is 10.2 Å². The number of morpholine rings is 1. The van der Waals surface area contributed by atoms with Gasteiger partial charge in [-0.2, -0.15) is 0 Å². The van der Waals surface area contributed by atoms with E-state index in [4.69, 9.17) is 14.9 Å². The van der Waals surface area contributed by atoms with E-state index >= 15 is 0 Å². The molecule has 2 heterocycles. The first-order valence-corrected chi connectivity index (χ1v) is 6.14. The summed E-state index contributed by atoms with van der Waals surface area (Å²) in [5, 5.41) is 7.18. The highest BCUT2D eigenvalue weighted by Crippen LogP contribution is 2.07. The number of primary amides is 1. The van der Waals surface area contributed by atoms with Crippen LogP contribution in [0.5, 0.6) is 0 Å². The molecule has 0 aromatic carbocycles. The molecule has 2 rings (SSSR count). The van der Waals surface area contributed by atoms with Crippen molar-refractivity contribution >= 4 is 11.8 Å². The Labute approximate surface area is 109 Å². The lowest BCUT2D eigenvalue weighted by molar-refractivity contribution is -0.135. The van der Waals surface area contributed by atoms with Crippen molar-refractivity contribution < 1.29 is 18.7 Å². The number of amides is 2. The number of hydrogen-bond acceptors (Lipinski definition) is 6. The van der Waals surface area contributed by atoms with E-state index in [-0.39, 0.29) is 11.8 Å². The number of nitrogens with zero attached hydrogens (tertiary/aromatic N) is 3. The summed E-state index contributed by atoms with van der Waals surface area (Å²) in [7, 11) is 0. The van der Waals surface area contributed by atoms with Crippen LogP contribution in [-0.4, -0.2) is 53.2 Å². The molecule has 0 aliphatic carbocycles. The van der Waals surface area contributed by atoms with Crippen molar-refractivity contribution in [1.29, 1.82) is 0 Å². The van der Waals surface area contributed by atoms with Crippen LogP contribution in [0.4, 0.5) is 0 Å². The van der Waals surface area contributed by atoms with E-state index in [1.807, 2.05) is 0 Å². The third kappa shape index (κ3) is 3.75. The van der Waals surface area contributed by atoms with E-state index < -0.39 is 5.91 Å². The summed E-state index contributed by atoms with van der Waals surface area (Å²) in [6.07, 6.45) is 1.46. The Morgan fingerprint density at radius 3 is 2.63 bits per heavy atom. The zero-order valence-corrected chi connectivity index (χ0v) is 10.5. The summed E-state index contributed by atoms with van der Waals surface area (Å²) < 4.78 is 10.2. The van der Waals surface area contributed by atoms with Crippen LogP contribution >= 0.6 is 0 Å². The number of rotatable bonds is 5. The monoisotopic (exact) mass is 268 g/mol. The van der Waals surface area contributed by atoms with Gasteiger partial charge in [0.05, 0.1) is 13.2 Å². The first kappa shape index (κ1) is 13.5. The van der Waals surface area contributed by atoms with Crippen LogP contribution < -0.4 is 5.73 Å². The maximum absolute atomic E-state index is 11.8. The van der Waals surface area contributed by atoms with Gasteiger partial charge in [0.1, 0.15) is 0 Å². The Morgan fingerprint density at radius 1 is 1.26 bits per heavy atom. The molecule has 1 saturated heterocycles. The minimum Gasteiger partial charge on any atom is -0.417 e. The van der Waals surface area contributed by atoms with Gasteiger partial charge < -0.3 is 19.8 Å². The standard InChI is InChI=1S/C11H16N4O4/c12-10(17)11-14-13-8(19-11)2-1-3-9(16)15-4-6-18-7-5-15/h1-7H2,(H2,12,17). The average molecular weight is 268 g/mol. The third-order valence-electron chi connectivity index (χ3n) is 2.82. The maximum atomic E-state index is 11.8. The molecular weight excluding hydrogens is 252 g/mol. The van der Waals surface area contributed by atoms with Gasteiger partial charge in [-0.05, 0) is 6.42 Å². The lowest BCUT2D eigenvalue weighted by atomic mass is 10.2. The highest BCUT2D eigenvalue weighted by molar-refractivity contribution is 5.87. The van der Waals surface area contributed by atoms with Gasteiger partial charge in [-0.1, -0.05) is 0 Å². The van der Waals surface area contributed by atoms with E-state index in [9.17, 15) is 9.59 Å². The normalized spacial score (nSPS) is 15.5. The van der Waals surface area contributed by atoms with Crippen molar-refractivity contribution in [2.24, 2.45) is 5.73 Å². The predicted molar refractivity (Wildman–Crippen MR) is 63.2 cm³/mol. The Morgan fingerprint density at radius 2 is 2.00 bits per heavy atom. The van der Waals surface area contributed by atoms with Gasteiger partial charge in [-0.15, -0.1) is 10.2 Å². The Hall–Kier alpha value is -1.96. The number of nitrogens with two attached hydrogens (primary N) is 1. The molecular formula is C11H16N4O4. The zero-order valence-electron chi connectivity index (χ0n) is 10.5. The largest absolute Gasteiger partial charge is 0.417 e. The summed E-state index contributed by atoms with van der Waals surface area (Å²) in [5.74, 6) is -0.529. The van der Waals surface area contributed by atoms with Crippen molar-refractivity contribution in [3.05, 3.63) is 11.8 Å². The molecule has 0 radical (unpaired) electrons. The molecule has 2 N–H and O–H groups in total. The van der Waals surface area contributed by atoms with Gasteiger partial charge in [0.25, 0.3) is 0 Å². The SMILES string of the molecule is NC(=O)c1nnc(CCCC(=O)N2CCOCC2)o1. The quantitative estimate of drug-likeness (QED) is 0.759.